The van der Waals surface area contributed by atoms with Crippen molar-refractivity contribution in [3.8, 4) is 0 Å². The molecule has 0 amide bonds. The van der Waals surface area contributed by atoms with Crippen LogP contribution in [0.3, 0.4) is 0 Å². The van der Waals surface area contributed by atoms with Gasteiger partial charge in [-0.15, -0.1) is 0 Å². The van der Waals surface area contributed by atoms with Gasteiger partial charge in [0, 0.05) is 6.04 Å². The van der Waals surface area contributed by atoms with Crippen LogP contribution in [0.25, 0.3) is 0 Å². The number of rotatable bonds is 3. The molecule has 0 radical (unpaired) electrons. The topological polar surface area (TPSA) is 12.4 Å². The fourth-order valence-electron chi connectivity index (χ4n) is 1.30. The molecule has 0 bridgehead atoms. The van der Waals surface area contributed by atoms with E-state index in [9.17, 15) is 4.39 Å². The minimum atomic E-state index is -1.58. The van der Waals surface area contributed by atoms with Crippen LogP contribution < -0.4 is 0 Å². The van der Waals surface area contributed by atoms with Gasteiger partial charge in [0.1, 0.15) is 0 Å². The lowest BCUT2D eigenvalue weighted by molar-refractivity contribution is 0.420. The van der Waals surface area contributed by atoms with Crippen molar-refractivity contribution in [1.29, 1.82) is 0 Å². The van der Waals surface area contributed by atoms with E-state index in [0.717, 1.165) is 5.56 Å². The third-order valence-electron chi connectivity index (χ3n) is 1.85. The molecular weight excluding hydrogens is 257 g/mol. The molecule has 0 aliphatic rings. The van der Waals surface area contributed by atoms with Crippen LogP contribution in [0.5, 0.6) is 0 Å². The van der Waals surface area contributed by atoms with Gasteiger partial charge in [0.25, 0.3) is 0 Å². The fraction of sp³-hybridized carbons (Fsp3) is 0.417. The Morgan fingerprint density at radius 3 is 2.27 bits per heavy atom. The van der Waals surface area contributed by atoms with E-state index in [4.69, 9.17) is 0 Å². The van der Waals surface area contributed by atoms with Gasteiger partial charge in [-0.25, -0.2) is 4.39 Å². The van der Waals surface area contributed by atoms with E-state index >= 15 is 0 Å². The molecule has 0 aliphatic heterocycles. The van der Waals surface area contributed by atoms with Crippen molar-refractivity contribution in [1.82, 2.24) is 0 Å². The lowest BCUT2D eigenvalue weighted by atomic mass is 10.1. The predicted molar refractivity (Wildman–Crippen MR) is 66.6 cm³/mol. The Morgan fingerprint density at radius 2 is 1.87 bits per heavy atom. The van der Waals surface area contributed by atoms with Gasteiger partial charge in [-0.05, 0) is 42.3 Å². The molecule has 0 spiro atoms. The highest BCUT2D eigenvalue weighted by Gasteiger charge is 2.27. The van der Waals surface area contributed by atoms with Crippen molar-refractivity contribution in [2.45, 2.75) is 31.4 Å². The van der Waals surface area contributed by atoms with Gasteiger partial charge in [-0.1, -0.05) is 30.3 Å². The largest absolute Gasteiger partial charge is 0.282 e. The highest BCUT2D eigenvalue weighted by atomic mass is 79.9. The first-order valence-corrected chi connectivity index (χ1v) is 5.72. The summed E-state index contributed by atoms with van der Waals surface area (Å²) >= 11 is 3.01. The van der Waals surface area contributed by atoms with Gasteiger partial charge in [-0.3, -0.25) is 4.99 Å². The van der Waals surface area contributed by atoms with Gasteiger partial charge in [0.2, 0.25) is 4.58 Å². The van der Waals surface area contributed by atoms with Gasteiger partial charge in [-0.2, -0.15) is 0 Å². The number of hydrogen-bond acceptors (Lipinski definition) is 1. The zero-order valence-corrected chi connectivity index (χ0v) is 10.8. The van der Waals surface area contributed by atoms with Crippen molar-refractivity contribution < 1.29 is 4.39 Å². The van der Waals surface area contributed by atoms with Crippen molar-refractivity contribution in [3.05, 3.63) is 35.9 Å². The lowest BCUT2D eigenvalue weighted by Crippen LogP contribution is -2.25. The maximum atomic E-state index is 13.9. The second-order valence-corrected chi connectivity index (χ2v) is 5.32. The molecule has 0 saturated heterocycles. The average Bonchev–Trinajstić information content (AvgIpc) is 2.14. The Balaban J connectivity index is 3.15. The summed E-state index contributed by atoms with van der Waals surface area (Å²) in [5.74, 6) is 0. The van der Waals surface area contributed by atoms with Gasteiger partial charge in [0.05, 0.1) is 5.71 Å². The summed E-state index contributed by atoms with van der Waals surface area (Å²) in [5, 5.41) is 0. The van der Waals surface area contributed by atoms with Crippen molar-refractivity contribution in [3.63, 3.8) is 0 Å². The van der Waals surface area contributed by atoms with Crippen LogP contribution in [0.1, 0.15) is 26.3 Å². The second kappa shape index (κ2) is 4.88. The maximum Gasteiger partial charge on any atom is 0.204 e. The molecule has 0 fully saturated rings. The number of halogens is 2. The van der Waals surface area contributed by atoms with Gasteiger partial charge in [0.15, 0.2) is 0 Å². The summed E-state index contributed by atoms with van der Waals surface area (Å²) < 4.78 is 12.3. The lowest BCUT2D eigenvalue weighted by Gasteiger charge is -2.17. The van der Waals surface area contributed by atoms with Gasteiger partial charge >= 0.3 is 0 Å². The summed E-state index contributed by atoms with van der Waals surface area (Å²) in [6.45, 7) is 5.32. The van der Waals surface area contributed by atoms with E-state index in [1.807, 2.05) is 44.2 Å². The van der Waals surface area contributed by atoms with Crippen LogP contribution in [0.15, 0.2) is 35.3 Å². The van der Waals surface area contributed by atoms with Crippen LogP contribution in [0, 0.1) is 0 Å². The summed E-state index contributed by atoms with van der Waals surface area (Å²) in [6.07, 6.45) is 0. The third kappa shape index (κ3) is 3.74. The Bertz CT molecular complexity index is 338. The van der Waals surface area contributed by atoms with Crippen molar-refractivity contribution >= 4 is 21.6 Å². The fourth-order valence-corrected chi connectivity index (χ4v) is 1.63. The Kier molecular flexibility index (Phi) is 4.03. The van der Waals surface area contributed by atoms with E-state index < -0.39 is 4.58 Å². The molecule has 0 aromatic heterocycles. The number of alkyl halides is 2. The molecule has 1 aromatic carbocycles. The molecule has 3 heteroatoms. The molecule has 1 aromatic rings. The molecule has 1 nitrogen and oxygen atoms in total. The van der Waals surface area contributed by atoms with Crippen LogP contribution in [-0.4, -0.2) is 16.3 Å². The Morgan fingerprint density at radius 1 is 1.33 bits per heavy atom. The first kappa shape index (κ1) is 12.4. The quantitative estimate of drug-likeness (QED) is 0.583. The SMILES string of the molecule is CC(C)N=C(c1ccccc1)C(C)(F)Br. The van der Waals surface area contributed by atoms with E-state index in [1.54, 1.807) is 0 Å². The van der Waals surface area contributed by atoms with Crippen LogP contribution in [0.4, 0.5) is 4.39 Å². The second-order valence-electron chi connectivity index (χ2n) is 3.83. The van der Waals surface area contributed by atoms with Gasteiger partial charge < -0.3 is 0 Å². The summed E-state index contributed by atoms with van der Waals surface area (Å²) in [4.78, 5) is 4.31. The number of aliphatic imine (C=N–C) groups is 1. The zero-order chi connectivity index (χ0) is 11.5. The van der Waals surface area contributed by atoms with E-state index in [2.05, 4.69) is 20.9 Å². The number of nitrogens with zero attached hydrogens (tertiary/aromatic N) is 1. The smallest absolute Gasteiger partial charge is 0.204 e. The summed E-state index contributed by atoms with van der Waals surface area (Å²) in [6, 6.07) is 9.46. The zero-order valence-electron chi connectivity index (χ0n) is 9.17. The Hall–Kier alpha value is -0.700. The number of hydrogen-bond donors (Lipinski definition) is 0. The van der Waals surface area contributed by atoms with Crippen molar-refractivity contribution in [2.75, 3.05) is 0 Å². The van der Waals surface area contributed by atoms with Crippen LogP contribution in [-0.2, 0) is 0 Å². The summed E-state index contributed by atoms with van der Waals surface area (Å²) in [5.41, 5.74) is 1.26. The standard InChI is InChI=1S/C12H15BrFN/c1-9(2)15-11(12(3,13)14)10-7-5-4-6-8-10/h4-9H,1-3H3. The molecule has 0 N–H and O–H groups in total. The molecule has 0 heterocycles. The highest BCUT2D eigenvalue weighted by molar-refractivity contribution is 9.10. The normalized spacial score (nSPS) is 16.5. The first-order chi connectivity index (χ1) is 6.91. The first-order valence-electron chi connectivity index (χ1n) is 4.93. The van der Waals surface area contributed by atoms with E-state index in [-0.39, 0.29) is 6.04 Å². The Labute approximate surface area is 98.5 Å². The molecule has 1 atom stereocenters. The highest BCUT2D eigenvalue weighted by Crippen LogP contribution is 2.25. The molecule has 0 aliphatic carbocycles. The third-order valence-corrected chi connectivity index (χ3v) is 2.23. The summed E-state index contributed by atoms with van der Waals surface area (Å²) in [7, 11) is 0. The minimum Gasteiger partial charge on any atom is -0.282 e. The average molecular weight is 272 g/mol. The minimum absolute atomic E-state index is 0.0767. The molecule has 0 saturated carbocycles. The molecular formula is C12H15BrFN. The van der Waals surface area contributed by atoms with E-state index in [0.29, 0.717) is 5.71 Å². The molecule has 1 unspecified atom stereocenters. The van der Waals surface area contributed by atoms with E-state index in [1.165, 1.54) is 6.92 Å². The molecule has 15 heavy (non-hydrogen) atoms. The maximum absolute atomic E-state index is 13.9. The molecule has 1 rings (SSSR count). The van der Waals surface area contributed by atoms with Crippen molar-refractivity contribution in [2.24, 2.45) is 4.99 Å². The number of benzene rings is 1. The van der Waals surface area contributed by atoms with Crippen LogP contribution in [0.2, 0.25) is 0 Å². The predicted octanol–water partition coefficient (Wildman–Crippen LogP) is 3.96. The molecule has 82 valence electrons. The monoisotopic (exact) mass is 271 g/mol. The van der Waals surface area contributed by atoms with Crippen LogP contribution >= 0.6 is 15.9 Å².